The lowest BCUT2D eigenvalue weighted by molar-refractivity contribution is -0.122. The van der Waals surface area contributed by atoms with Gasteiger partial charge in [-0.2, -0.15) is 5.26 Å². The number of benzene rings is 2. The molecule has 0 aliphatic rings. The molecule has 2 aromatic rings. The summed E-state index contributed by atoms with van der Waals surface area (Å²) in [5.74, 6) is 0.0343. The van der Waals surface area contributed by atoms with Crippen LogP contribution in [0.3, 0.4) is 0 Å². The average molecular weight is 321 g/mol. The van der Waals surface area contributed by atoms with Gasteiger partial charge in [-0.05, 0) is 43.7 Å². The van der Waals surface area contributed by atoms with Crippen LogP contribution in [-0.4, -0.2) is 30.4 Å². The van der Waals surface area contributed by atoms with E-state index in [0.717, 1.165) is 16.7 Å². The van der Waals surface area contributed by atoms with E-state index in [1.807, 2.05) is 74.3 Å². The molecule has 0 unspecified atom stereocenters. The van der Waals surface area contributed by atoms with Gasteiger partial charge in [0.1, 0.15) is 0 Å². The van der Waals surface area contributed by atoms with Gasteiger partial charge >= 0.3 is 0 Å². The molecule has 0 spiro atoms. The number of nitrogens with one attached hydrogen (secondary N) is 1. The van der Waals surface area contributed by atoms with Crippen LogP contribution in [0.2, 0.25) is 0 Å². The Bertz CT molecular complexity index is 729. The highest BCUT2D eigenvalue weighted by Gasteiger charge is 2.09. The molecule has 0 atom stereocenters. The lowest BCUT2D eigenvalue weighted by atomic mass is 9.99. The summed E-state index contributed by atoms with van der Waals surface area (Å²) in [6.07, 6.45) is 0. The van der Waals surface area contributed by atoms with Gasteiger partial charge in [-0.15, -0.1) is 0 Å². The zero-order valence-corrected chi connectivity index (χ0v) is 14.4. The van der Waals surface area contributed by atoms with Crippen LogP contribution in [0.5, 0.6) is 0 Å². The molecule has 4 heteroatoms. The number of nitriles is 1. The summed E-state index contributed by atoms with van der Waals surface area (Å²) in [6.45, 7) is 4.98. The van der Waals surface area contributed by atoms with Gasteiger partial charge in [0.05, 0.1) is 18.2 Å². The zero-order chi connectivity index (χ0) is 17.5. The molecule has 1 amide bonds. The zero-order valence-electron chi connectivity index (χ0n) is 14.4. The number of hydrogen-bond acceptors (Lipinski definition) is 3. The molecular formula is C20H23N3O. The van der Waals surface area contributed by atoms with Crippen LogP contribution in [0.1, 0.15) is 25.0 Å². The molecule has 124 valence electrons. The van der Waals surface area contributed by atoms with Gasteiger partial charge in [0.25, 0.3) is 0 Å². The monoisotopic (exact) mass is 321 g/mol. The fraction of sp³-hybridized carbons (Fsp3) is 0.300. The molecule has 0 heterocycles. The number of amides is 1. The first kappa shape index (κ1) is 17.7. The van der Waals surface area contributed by atoms with Crippen molar-refractivity contribution in [2.45, 2.75) is 26.4 Å². The Labute approximate surface area is 143 Å². The molecule has 0 saturated carbocycles. The summed E-state index contributed by atoms with van der Waals surface area (Å²) in [5.41, 5.74) is 3.77. The van der Waals surface area contributed by atoms with Crippen LogP contribution in [0, 0.1) is 11.3 Å². The Kier molecular flexibility index (Phi) is 6.11. The maximum Gasteiger partial charge on any atom is 0.234 e. The molecule has 1 N–H and O–H groups in total. The van der Waals surface area contributed by atoms with Crippen molar-refractivity contribution in [1.82, 2.24) is 10.2 Å². The number of likely N-dealkylation sites (N-methyl/N-ethyl adjacent to an activating group) is 1. The van der Waals surface area contributed by atoms with Crippen molar-refractivity contribution in [3.05, 3.63) is 59.7 Å². The summed E-state index contributed by atoms with van der Waals surface area (Å²) < 4.78 is 0. The standard InChI is InChI=1S/C20H23N3O/c1-15(2)22-20(24)14-23(3)13-16-8-10-17(11-9-16)19-7-5-4-6-18(19)12-21/h4-11,15H,13-14H2,1-3H3,(H,22,24). The molecule has 2 aromatic carbocycles. The molecule has 4 nitrogen and oxygen atoms in total. The highest BCUT2D eigenvalue weighted by molar-refractivity contribution is 5.78. The molecular weight excluding hydrogens is 298 g/mol. The molecule has 0 fully saturated rings. The predicted octanol–water partition coefficient (Wildman–Crippen LogP) is 3.18. The Morgan fingerprint density at radius 1 is 1.17 bits per heavy atom. The molecule has 0 aliphatic carbocycles. The van der Waals surface area contributed by atoms with Crippen LogP contribution in [0.15, 0.2) is 48.5 Å². The third-order valence-electron chi connectivity index (χ3n) is 3.63. The van der Waals surface area contributed by atoms with Crippen molar-refractivity contribution in [1.29, 1.82) is 5.26 Å². The molecule has 0 saturated heterocycles. The minimum atomic E-state index is 0.0343. The number of nitrogens with zero attached hydrogens (tertiary/aromatic N) is 2. The highest BCUT2D eigenvalue weighted by atomic mass is 16.2. The van der Waals surface area contributed by atoms with Gasteiger partial charge in [-0.1, -0.05) is 42.5 Å². The van der Waals surface area contributed by atoms with E-state index < -0.39 is 0 Å². The van der Waals surface area contributed by atoms with E-state index in [4.69, 9.17) is 0 Å². The van der Waals surface area contributed by atoms with Gasteiger partial charge in [0, 0.05) is 12.6 Å². The van der Waals surface area contributed by atoms with Crippen molar-refractivity contribution in [2.24, 2.45) is 0 Å². The third kappa shape index (κ3) is 4.94. The van der Waals surface area contributed by atoms with E-state index in [9.17, 15) is 10.1 Å². The van der Waals surface area contributed by atoms with Crippen molar-refractivity contribution in [3.8, 4) is 17.2 Å². The van der Waals surface area contributed by atoms with Crippen molar-refractivity contribution >= 4 is 5.91 Å². The highest BCUT2D eigenvalue weighted by Crippen LogP contribution is 2.23. The smallest absolute Gasteiger partial charge is 0.234 e. The molecule has 2 rings (SSSR count). The van der Waals surface area contributed by atoms with E-state index in [1.165, 1.54) is 0 Å². The molecule has 0 aromatic heterocycles. The van der Waals surface area contributed by atoms with E-state index in [0.29, 0.717) is 18.7 Å². The van der Waals surface area contributed by atoms with Crippen LogP contribution in [0.4, 0.5) is 0 Å². The van der Waals surface area contributed by atoms with E-state index in [2.05, 4.69) is 11.4 Å². The SMILES string of the molecule is CC(C)NC(=O)CN(C)Cc1ccc(-c2ccccc2C#N)cc1. The van der Waals surface area contributed by atoms with Gasteiger partial charge < -0.3 is 5.32 Å². The number of carbonyl (C=O) groups is 1. The second kappa shape index (κ2) is 8.28. The summed E-state index contributed by atoms with van der Waals surface area (Å²) >= 11 is 0. The fourth-order valence-electron chi connectivity index (χ4n) is 2.60. The van der Waals surface area contributed by atoms with Gasteiger partial charge in [0.15, 0.2) is 0 Å². The minimum absolute atomic E-state index is 0.0343. The average Bonchev–Trinajstić information content (AvgIpc) is 2.54. The van der Waals surface area contributed by atoms with Crippen LogP contribution >= 0.6 is 0 Å². The van der Waals surface area contributed by atoms with Gasteiger partial charge in [0.2, 0.25) is 5.91 Å². The number of hydrogen-bond donors (Lipinski definition) is 1. The lowest BCUT2D eigenvalue weighted by Gasteiger charge is -2.17. The minimum Gasteiger partial charge on any atom is -0.353 e. The van der Waals surface area contributed by atoms with Crippen molar-refractivity contribution < 1.29 is 4.79 Å². The summed E-state index contributed by atoms with van der Waals surface area (Å²) in [5, 5.41) is 12.1. The number of rotatable bonds is 6. The number of carbonyl (C=O) groups excluding carboxylic acids is 1. The molecule has 0 aliphatic heterocycles. The fourth-order valence-corrected chi connectivity index (χ4v) is 2.60. The first-order valence-electron chi connectivity index (χ1n) is 8.06. The van der Waals surface area contributed by atoms with Crippen LogP contribution in [0.25, 0.3) is 11.1 Å². The van der Waals surface area contributed by atoms with Crippen molar-refractivity contribution in [2.75, 3.05) is 13.6 Å². The Balaban J connectivity index is 2.02. The normalized spacial score (nSPS) is 10.7. The molecule has 0 radical (unpaired) electrons. The van der Waals surface area contributed by atoms with Crippen LogP contribution < -0.4 is 5.32 Å². The topological polar surface area (TPSA) is 56.1 Å². The van der Waals surface area contributed by atoms with E-state index >= 15 is 0 Å². The Morgan fingerprint density at radius 3 is 2.46 bits per heavy atom. The van der Waals surface area contributed by atoms with E-state index in [1.54, 1.807) is 0 Å². The molecule has 24 heavy (non-hydrogen) atoms. The lowest BCUT2D eigenvalue weighted by Crippen LogP contribution is -2.38. The van der Waals surface area contributed by atoms with E-state index in [-0.39, 0.29) is 11.9 Å². The third-order valence-corrected chi connectivity index (χ3v) is 3.63. The Morgan fingerprint density at radius 2 is 1.83 bits per heavy atom. The largest absolute Gasteiger partial charge is 0.353 e. The maximum atomic E-state index is 11.8. The maximum absolute atomic E-state index is 11.8. The second-order valence-electron chi connectivity index (χ2n) is 6.25. The first-order chi connectivity index (χ1) is 11.5. The van der Waals surface area contributed by atoms with Gasteiger partial charge in [-0.25, -0.2) is 0 Å². The molecule has 0 bridgehead atoms. The quantitative estimate of drug-likeness (QED) is 0.889. The summed E-state index contributed by atoms with van der Waals surface area (Å²) in [7, 11) is 1.93. The first-order valence-corrected chi connectivity index (χ1v) is 8.06. The van der Waals surface area contributed by atoms with Gasteiger partial charge in [-0.3, -0.25) is 9.69 Å². The second-order valence-corrected chi connectivity index (χ2v) is 6.25. The predicted molar refractivity (Wildman–Crippen MR) is 96.2 cm³/mol. The Hall–Kier alpha value is -2.64. The summed E-state index contributed by atoms with van der Waals surface area (Å²) in [4.78, 5) is 13.8. The summed E-state index contributed by atoms with van der Waals surface area (Å²) in [6, 6.07) is 18.1. The van der Waals surface area contributed by atoms with Crippen molar-refractivity contribution in [3.63, 3.8) is 0 Å². The van der Waals surface area contributed by atoms with Crippen LogP contribution in [-0.2, 0) is 11.3 Å².